The van der Waals surface area contributed by atoms with Crippen LogP contribution >= 0.6 is 0 Å². The zero-order valence-electron chi connectivity index (χ0n) is 15.7. The van der Waals surface area contributed by atoms with Gasteiger partial charge >= 0.3 is 0 Å². The van der Waals surface area contributed by atoms with Gasteiger partial charge in [-0.3, -0.25) is 0 Å². The Morgan fingerprint density at radius 3 is 2.85 bits per heavy atom. The number of methoxy groups -OCH3 is 1. The maximum atomic E-state index is 6.05. The van der Waals surface area contributed by atoms with Crippen molar-refractivity contribution in [1.82, 2.24) is 4.57 Å². The van der Waals surface area contributed by atoms with Gasteiger partial charge in [0.1, 0.15) is 11.5 Å². The summed E-state index contributed by atoms with van der Waals surface area (Å²) in [5.74, 6) is 1.72. The molecule has 2 heterocycles. The van der Waals surface area contributed by atoms with Crippen LogP contribution < -0.4 is 14.4 Å². The Labute approximate surface area is 159 Å². The van der Waals surface area contributed by atoms with E-state index >= 15 is 0 Å². The van der Waals surface area contributed by atoms with Gasteiger partial charge in [-0.25, -0.2) is 0 Å². The van der Waals surface area contributed by atoms with E-state index in [9.17, 15) is 0 Å². The van der Waals surface area contributed by atoms with Crippen LogP contribution in [0.4, 0.5) is 5.69 Å². The molecular weight excluding hydrogens is 340 g/mol. The summed E-state index contributed by atoms with van der Waals surface area (Å²) >= 11 is 0. The van der Waals surface area contributed by atoms with Crippen molar-refractivity contribution in [1.29, 1.82) is 0 Å². The first-order chi connectivity index (χ1) is 13.3. The van der Waals surface area contributed by atoms with Crippen LogP contribution in [0.3, 0.4) is 0 Å². The first kappa shape index (κ1) is 17.5. The minimum Gasteiger partial charge on any atom is -0.497 e. The van der Waals surface area contributed by atoms with Crippen molar-refractivity contribution in [2.24, 2.45) is 0 Å². The molecule has 0 spiro atoms. The van der Waals surface area contributed by atoms with Crippen molar-refractivity contribution < 1.29 is 14.2 Å². The molecule has 0 radical (unpaired) electrons. The number of aromatic nitrogens is 1. The summed E-state index contributed by atoms with van der Waals surface area (Å²) in [6.45, 7) is 4.18. The SMILES string of the molecule is CCOc1ccccc1-n1ccc([C@H]2OCCN2c2cccc(OC)c2)c1. The van der Waals surface area contributed by atoms with Crippen molar-refractivity contribution in [2.75, 3.05) is 31.8 Å². The van der Waals surface area contributed by atoms with Gasteiger partial charge in [0, 0.05) is 36.3 Å². The molecule has 140 valence electrons. The second kappa shape index (κ2) is 7.76. The van der Waals surface area contributed by atoms with E-state index in [4.69, 9.17) is 14.2 Å². The molecule has 0 amide bonds. The topological polar surface area (TPSA) is 35.9 Å². The van der Waals surface area contributed by atoms with Crippen molar-refractivity contribution in [2.45, 2.75) is 13.2 Å². The van der Waals surface area contributed by atoms with Gasteiger partial charge in [-0.1, -0.05) is 18.2 Å². The molecule has 1 fully saturated rings. The molecular formula is C22H24N2O3. The highest BCUT2D eigenvalue weighted by Crippen LogP contribution is 2.34. The molecule has 27 heavy (non-hydrogen) atoms. The lowest BCUT2D eigenvalue weighted by Crippen LogP contribution is -2.23. The van der Waals surface area contributed by atoms with Crippen LogP contribution in [0.15, 0.2) is 67.0 Å². The molecule has 2 aromatic carbocycles. The number of benzene rings is 2. The lowest BCUT2D eigenvalue weighted by Gasteiger charge is -2.25. The quantitative estimate of drug-likeness (QED) is 0.649. The van der Waals surface area contributed by atoms with E-state index in [2.05, 4.69) is 40.1 Å². The summed E-state index contributed by atoms with van der Waals surface area (Å²) in [5.41, 5.74) is 3.23. The van der Waals surface area contributed by atoms with Gasteiger partial charge < -0.3 is 23.7 Å². The molecule has 1 aromatic heterocycles. The van der Waals surface area contributed by atoms with Crippen molar-refractivity contribution in [3.05, 3.63) is 72.6 Å². The third-order valence-electron chi connectivity index (χ3n) is 4.72. The van der Waals surface area contributed by atoms with E-state index in [1.54, 1.807) is 7.11 Å². The summed E-state index contributed by atoms with van der Waals surface area (Å²) in [6, 6.07) is 18.3. The van der Waals surface area contributed by atoms with Gasteiger partial charge in [0.15, 0.2) is 6.23 Å². The van der Waals surface area contributed by atoms with Crippen molar-refractivity contribution >= 4 is 5.69 Å². The standard InChI is InChI=1S/C22H24N2O3/c1-3-26-21-10-5-4-9-20(21)23-12-11-17(16-23)22-24(13-14-27-22)18-7-6-8-19(15-18)25-2/h4-12,15-16,22H,3,13-14H2,1-2H3/t22-/m1/s1. The average Bonchev–Trinajstić information content (AvgIpc) is 3.38. The molecule has 1 saturated heterocycles. The minimum atomic E-state index is -0.113. The fraction of sp³-hybridized carbons (Fsp3) is 0.273. The molecule has 0 aliphatic carbocycles. The van der Waals surface area contributed by atoms with E-state index < -0.39 is 0 Å². The molecule has 0 saturated carbocycles. The molecule has 5 nitrogen and oxygen atoms in total. The summed E-state index contributed by atoms with van der Waals surface area (Å²) in [6.07, 6.45) is 4.05. The fourth-order valence-corrected chi connectivity index (χ4v) is 3.46. The van der Waals surface area contributed by atoms with E-state index in [1.807, 2.05) is 43.3 Å². The lowest BCUT2D eigenvalue weighted by molar-refractivity contribution is 0.114. The predicted octanol–water partition coefficient (Wildman–Crippen LogP) is 4.42. The minimum absolute atomic E-state index is 0.113. The van der Waals surface area contributed by atoms with E-state index in [0.29, 0.717) is 13.2 Å². The van der Waals surface area contributed by atoms with Crippen LogP contribution in [0.1, 0.15) is 18.7 Å². The Morgan fingerprint density at radius 2 is 2.00 bits per heavy atom. The normalized spacial score (nSPS) is 16.5. The number of hydrogen-bond acceptors (Lipinski definition) is 4. The number of ether oxygens (including phenoxy) is 3. The highest BCUT2D eigenvalue weighted by Gasteiger charge is 2.28. The molecule has 0 bridgehead atoms. The zero-order chi connectivity index (χ0) is 18.6. The Kier molecular flexibility index (Phi) is 5.03. The second-order valence-corrected chi connectivity index (χ2v) is 6.37. The summed E-state index contributed by atoms with van der Waals surface area (Å²) in [7, 11) is 1.69. The van der Waals surface area contributed by atoms with Gasteiger partial charge in [0.05, 0.1) is 26.0 Å². The van der Waals surface area contributed by atoms with E-state index in [0.717, 1.165) is 35.0 Å². The average molecular weight is 364 g/mol. The first-order valence-electron chi connectivity index (χ1n) is 9.22. The Balaban J connectivity index is 1.62. The third-order valence-corrected chi connectivity index (χ3v) is 4.72. The maximum absolute atomic E-state index is 6.05. The first-order valence-corrected chi connectivity index (χ1v) is 9.22. The van der Waals surface area contributed by atoms with E-state index in [-0.39, 0.29) is 6.23 Å². The molecule has 0 N–H and O–H groups in total. The van der Waals surface area contributed by atoms with Crippen LogP contribution in [-0.4, -0.2) is 31.4 Å². The Morgan fingerprint density at radius 1 is 1.11 bits per heavy atom. The summed E-state index contributed by atoms with van der Waals surface area (Å²) in [5, 5.41) is 0. The summed E-state index contributed by atoms with van der Waals surface area (Å²) < 4.78 is 19.3. The monoisotopic (exact) mass is 364 g/mol. The Bertz CT molecular complexity index is 906. The molecule has 1 atom stereocenters. The number of nitrogens with zero attached hydrogens (tertiary/aromatic N) is 2. The number of rotatable bonds is 6. The Hall–Kier alpha value is -2.92. The lowest BCUT2D eigenvalue weighted by atomic mass is 10.2. The number of para-hydroxylation sites is 2. The van der Waals surface area contributed by atoms with Gasteiger partial charge in [-0.15, -0.1) is 0 Å². The maximum Gasteiger partial charge on any atom is 0.158 e. The van der Waals surface area contributed by atoms with Crippen molar-refractivity contribution in [3.63, 3.8) is 0 Å². The van der Waals surface area contributed by atoms with Gasteiger partial charge in [0.2, 0.25) is 0 Å². The molecule has 4 rings (SSSR count). The molecule has 1 aliphatic rings. The van der Waals surface area contributed by atoms with Crippen LogP contribution in [0.5, 0.6) is 11.5 Å². The van der Waals surface area contributed by atoms with Gasteiger partial charge in [-0.2, -0.15) is 0 Å². The highest BCUT2D eigenvalue weighted by atomic mass is 16.5. The third kappa shape index (κ3) is 3.51. The van der Waals surface area contributed by atoms with Gasteiger partial charge in [0.25, 0.3) is 0 Å². The number of anilines is 1. The van der Waals surface area contributed by atoms with Crippen LogP contribution in [0.25, 0.3) is 5.69 Å². The molecule has 5 heteroatoms. The molecule has 3 aromatic rings. The van der Waals surface area contributed by atoms with Crippen molar-refractivity contribution in [3.8, 4) is 17.2 Å². The van der Waals surface area contributed by atoms with E-state index in [1.165, 1.54) is 0 Å². The predicted molar refractivity (Wildman–Crippen MR) is 106 cm³/mol. The highest BCUT2D eigenvalue weighted by molar-refractivity contribution is 5.53. The smallest absolute Gasteiger partial charge is 0.158 e. The largest absolute Gasteiger partial charge is 0.497 e. The van der Waals surface area contributed by atoms with Gasteiger partial charge in [-0.05, 0) is 37.3 Å². The zero-order valence-corrected chi connectivity index (χ0v) is 15.7. The second-order valence-electron chi connectivity index (χ2n) is 6.37. The van der Waals surface area contributed by atoms with Crippen LogP contribution in [0.2, 0.25) is 0 Å². The summed E-state index contributed by atoms with van der Waals surface area (Å²) in [4.78, 5) is 2.26. The fourth-order valence-electron chi connectivity index (χ4n) is 3.46. The molecule has 0 unspecified atom stereocenters. The van der Waals surface area contributed by atoms with Crippen LogP contribution in [-0.2, 0) is 4.74 Å². The molecule has 1 aliphatic heterocycles. The number of hydrogen-bond donors (Lipinski definition) is 0. The van der Waals surface area contributed by atoms with Crippen LogP contribution in [0, 0.1) is 0 Å².